The monoisotopic (exact) mass is 517 g/mol. The number of halogens is 4. The molecule has 0 aliphatic heterocycles. The number of rotatable bonds is 7. The lowest BCUT2D eigenvalue weighted by Crippen LogP contribution is -2.29. The Balaban J connectivity index is 1.55. The van der Waals surface area contributed by atoms with E-state index < -0.39 is 17.7 Å². The van der Waals surface area contributed by atoms with Crippen molar-refractivity contribution in [2.75, 3.05) is 5.32 Å². The largest absolute Gasteiger partial charge is 0.331 e. The van der Waals surface area contributed by atoms with Gasteiger partial charge in [0.1, 0.15) is 17.5 Å². The summed E-state index contributed by atoms with van der Waals surface area (Å²) < 4.78 is 41.9. The first kappa shape index (κ1) is 24.6. The van der Waals surface area contributed by atoms with Gasteiger partial charge in [-0.3, -0.25) is 4.57 Å². The van der Waals surface area contributed by atoms with E-state index in [9.17, 15) is 18.0 Å². The van der Waals surface area contributed by atoms with Crippen LogP contribution in [0.3, 0.4) is 0 Å². The number of urea groups is 1. The van der Waals surface area contributed by atoms with E-state index in [1.165, 1.54) is 23.9 Å². The molecular formula is C24H19ClF3N5OS. The molecule has 0 aliphatic rings. The third kappa shape index (κ3) is 6.14. The molecule has 11 heteroatoms. The second kappa shape index (κ2) is 10.8. The van der Waals surface area contributed by atoms with Crippen LogP contribution < -0.4 is 10.6 Å². The molecule has 2 amide bonds. The Hall–Kier alpha value is -3.50. The molecule has 0 saturated carbocycles. The highest BCUT2D eigenvalue weighted by atomic mass is 35.5. The molecule has 0 bridgehead atoms. The van der Waals surface area contributed by atoms with Crippen molar-refractivity contribution >= 4 is 35.1 Å². The number of aromatic nitrogens is 3. The number of nitrogens with zero attached hydrogens (tertiary/aromatic N) is 3. The highest BCUT2D eigenvalue weighted by Gasteiger charge is 2.18. The van der Waals surface area contributed by atoms with Gasteiger partial charge in [0.15, 0.2) is 11.0 Å². The molecular weight excluding hydrogens is 499 g/mol. The average molecular weight is 518 g/mol. The Labute approximate surface area is 208 Å². The third-order valence-electron chi connectivity index (χ3n) is 4.98. The molecule has 2 N–H and O–H groups in total. The van der Waals surface area contributed by atoms with E-state index in [0.29, 0.717) is 27.8 Å². The molecule has 0 saturated heterocycles. The van der Waals surface area contributed by atoms with E-state index in [1.54, 1.807) is 28.8 Å². The SMILES string of the molecule is Cc1ccc(Cl)cc1-n1c(CNC(=O)Nc2ccc(F)cc2F)nnc1SCc1ccc(F)cc1. The summed E-state index contributed by atoms with van der Waals surface area (Å²) in [6.45, 7) is 1.87. The van der Waals surface area contributed by atoms with Crippen LogP contribution in [0.15, 0.2) is 65.8 Å². The topological polar surface area (TPSA) is 71.8 Å². The van der Waals surface area contributed by atoms with Gasteiger partial charge in [0, 0.05) is 16.8 Å². The molecule has 0 unspecified atom stereocenters. The molecule has 1 aromatic heterocycles. The molecule has 3 aromatic carbocycles. The van der Waals surface area contributed by atoms with Crippen LogP contribution in [0, 0.1) is 24.4 Å². The Morgan fingerprint density at radius 1 is 1.00 bits per heavy atom. The van der Waals surface area contributed by atoms with Gasteiger partial charge in [-0.25, -0.2) is 18.0 Å². The number of amides is 2. The number of nitrogens with one attached hydrogen (secondary N) is 2. The molecule has 35 heavy (non-hydrogen) atoms. The van der Waals surface area contributed by atoms with Gasteiger partial charge in [-0.05, 0) is 54.4 Å². The van der Waals surface area contributed by atoms with Gasteiger partial charge in [0.2, 0.25) is 0 Å². The number of anilines is 1. The zero-order chi connectivity index (χ0) is 24.9. The van der Waals surface area contributed by atoms with Crippen LogP contribution in [0.1, 0.15) is 17.0 Å². The van der Waals surface area contributed by atoms with Crippen molar-refractivity contribution in [3.8, 4) is 5.69 Å². The predicted molar refractivity (Wildman–Crippen MR) is 129 cm³/mol. The van der Waals surface area contributed by atoms with Crippen molar-refractivity contribution in [1.29, 1.82) is 0 Å². The number of aryl methyl sites for hydroxylation is 1. The van der Waals surface area contributed by atoms with Crippen LogP contribution in [0.2, 0.25) is 5.02 Å². The highest BCUT2D eigenvalue weighted by Crippen LogP contribution is 2.28. The second-order valence-corrected chi connectivity index (χ2v) is 8.89. The fourth-order valence-electron chi connectivity index (χ4n) is 3.22. The van der Waals surface area contributed by atoms with Gasteiger partial charge in [-0.2, -0.15) is 0 Å². The van der Waals surface area contributed by atoms with Crippen molar-refractivity contribution in [2.45, 2.75) is 24.4 Å². The lowest BCUT2D eigenvalue weighted by molar-refractivity contribution is 0.251. The van der Waals surface area contributed by atoms with E-state index in [4.69, 9.17) is 11.6 Å². The maximum atomic E-state index is 13.8. The second-order valence-electron chi connectivity index (χ2n) is 7.51. The Morgan fingerprint density at radius 3 is 2.49 bits per heavy atom. The Bertz CT molecular complexity index is 1360. The van der Waals surface area contributed by atoms with Gasteiger partial charge in [-0.15, -0.1) is 10.2 Å². The van der Waals surface area contributed by atoms with Gasteiger partial charge < -0.3 is 10.6 Å². The van der Waals surface area contributed by atoms with E-state index in [0.717, 1.165) is 28.9 Å². The Morgan fingerprint density at radius 2 is 1.74 bits per heavy atom. The molecule has 0 spiro atoms. The summed E-state index contributed by atoms with van der Waals surface area (Å²) in [5.41, 5.74) is 2.36. The predicted octanol–water partition coefficient (Wildman–Crippen LogP) is 6.26. The van der Waals surface area contributed by atoms with E-state index in [2.05, 4.69) is 20.8 Å². The van der Waals surface area contributed by atoms with Crippen molar-refractivity contribution in [3.63, 3.8) is 0 Å². The summed E-state index contributed by atoms with van der Waals surface area (Å²) in [7, 11) is 0. The smallest absolute Gasteiger partial charge is 0.319 e. The van der Waals surface area contributed by atoms with Crippen molar-refractivity contribution in [3.05, 3.63) is 100 Å². The molecule has 0 radical (unpaired) electrons. The number of benzene rings is 3. The lowest BCUT2D eigenvalue weighted by Gasteiger charge is -2.14. The van der Waals surface area contributed by atoms with Crippen LogP contribution in [-0.2, 0) is 12.3 Å². The summed E-state index contributed by atoms with van der Waals surface area (Å²) in [6, 6.07) is 13.7. The van der Waals surface area contributed by atoms with Gasteiger partial charge in [0.25, 0.3) is 0 Å². The molecule has 6 nitrogen and oxygen atoms in total. The number of carbonyl (C=O) groups is 1. The first-order chi connectivity index (χ1) is 16.8. The summed E-state index contributed by atoms with van der Waals surface area (Å²) in [6.07, 6.45) is 0. The molecule has 0 atom stereocenters. The lowest BCUT2D eigenvalue weighted by atomic mass is 10.2. The van der Waals surface area contributed by atoms with Crippen LogP contribution in [0.4, 0.5) is 23.7 Å². The third-order valence-corrected chi connectivity index (χ3v) is 6.22. The van der Waals surface area contributed by atoms with Gasteiger partial charge in [-0.1, -0.05) is 41.6 Å². The maximum absolute atomic E-state index is 13.8. The minimum atomic E-state index is -0.891. The summed E-state index contributed by atoms with van der Waals surface area (Å²) in [5.74, 6) is -1.03. The maximum Gasteiger partial charge on any atom is 0.319 e. The van der Waals surface area contributed by atoms with Crippen molar-refractivity contribution in [2.24, 2.45) is 0 Å². The first-order valence-corrected chi connectivity index (χ1v) is 11.7. The Kier molecular flexibility index (Phi) is 7.62. The fraction of sp³-hybridized carbons (Fsp3) is 0.125. The molecule has 4 rings (SSSR count). The standard InChI is InChI=1S/C24H19ClF3N5OS/c1-14-2-5-16(25)10-21(14)33-22(12-29-23(34)30-20-9-8-18(27)11-19(20)28)31-32-24(33)35-13-15-3-6-17(26)7-4-15/h2-11H,12-13H2,1H3,(H2,29,30,34). The molecule has 1 heterocycles. The van der Waals surface area contributed by atoms with Crippen molar-refractivity contribution in [1.82, 2.24) is 20.1 Å². The van der Waals surface area contributed by atoms with E-state index >= 15 is 0 Å². The average Bonchev–Trinajstić information content (AvgIpc) is 3.23. The number of hydrogen-bond donors (Lipinski definition) is 2. The number of hydrogen-bond acceptors (Lipinski definition) is 4. The van der Waals surface area contributed by atoms with Crippen molar-refractivity contribution < 1.29 is 18.0 Å². The summed E-state index contributed by atoms with van der Waals surface area (Å²) >= 11 is 7.62. The molecule has 0 aliphatic carbocycles. The quantitative estimate of drug-likeness (QED) is 0.284. The zero-order valence-electron chi connectivity index (χ0n) is 18.4. The highest BCUT2D eigenvalue weighted by molar-refractivity contribution is 7.98. The minimum Gasteiger partial charge on any atom is -0.331 e. The number of carbonyl (C=O) groups excluding carboxylic acids is 1. The minimum absolute atomic E-state index is 0.0370. The normalized spacial score (nSPS) is 10.9. The molecule has 0 fully saturated rings. The van der Waals surface area contributed by atoms with Crippen LogP contribution in [0.5, 0.6) is 0 Å². The summed E-state index contributed by atoms with van der Waals surface area (Å²) in [5, 5.41) is 14.5. The summed E-state index contributed by atoms with van der Waals surface area (Å²) in [4.78, 5) is 12.3. The fourth-order valence-corrected chi connectivity index (χ4v) is 4.30. The number of thioether (sulfide) groups is 1. The first-order valence-electron chi connectivity index (χ1n) is 10.4. The van der Waals surface area contributed by atoms with E-state index in [1.807, 2.05) is 13.0 Å². The zero-order valence-corrected chi connectivity index (χ0v) is 19.9. The van der Waals surface area contributed by atoms with Crippen LogP contribution >= 0.6 is 23.4 Å². The molecule has 4 aromatic rings. The van der Waals surface area contributed by atoms with Gasteiger partial charge in [0.05, 0.1) is 17.9 Å². The van der Waals surface area contributed by atoms with Crippen LogP contribution in [-0.4, -0.2) is 20.8 Å². The van der Waals surface area contributed by atoms with E-state index in [-0.39, 0.29) is 18.0 Å². The van der Waals surface area contributed by atoms with Gasteiger partial charge >= 0.3 is 6.03 Å². The van der Waals surface area contributed by atoms with Crippen LogP contribution in [0.25, 0.3) is 5.69 Å². The molecule has 180 valence electrons.